The molecule has 20 heteroatoms. The zero-order valence-corrected chi connectivity index (χ0v) is 27.8. The number of aliphatic carboxylic acids is 2. The zero-order valence-electron chi connectivity index (χ0n) is 26.2. The van der Waals surface area contributed by atoms with Gasteiger partial charge in [0.05, 0.1) is 26.2 Å². The Hall–Kier alpha value is -4.95. The van der Waals surface area contributed by atoms with E-state index < -0.39 is 64.1 Å². The van der Waals surface area contributed by atoms with Gasteiger partial charge in [-0.2, -0.15) is 0 Å². The average Bonchev–Trinajstić information content (AvgIpc) is 3.71. The molecule has 3 aliphatic rings. The van der Waals surface area contributed by atoms with Gasteiger partial charge in [-0.25, -0.2) is 14.6 Å². The minimum atomic E-state index is -1.34. The highest BCUT2D eigenvalue weighted by Crippen LogP contribution is 2.41. The Kier molecular flexibility index (Phi) is 10.6. The smallest absolute Gasteiger partial charge is 0.352 e. The molecular formula is C29H35N8O10S2+. The van der Waals surface area contributed by atoms with Crippen LogP contribution in [0.2, 0.25) is 0 Å². The fraction of sp³-hybridized carbons (Fsp3) is 0.448. The Balaban J connectivity index is 1.29. The Morgan fingerprint density at radius 2 is 1.98 bits per heavy atom. The number of amides is 3. The van der Waals surface area contributed by atoms with Crippen molar-refractivity contribution in [2.24, 2.45) is 5.16 Å². The van der Waals surface area contributed by atoms with Crippen molar-refractivity contribution in [1.82, 2.24) is 25.5 Å². The lowest BCUT2D eigenvalue weighted by atomic mass is 10.0. The van der Waals surface area contributed by atoms with Crippen LogP contribution < -0.4 is 21.8 Å². The minimum Gasteiger partial charge on any atom is -0.503 e. The van der Waals surface area contributed by atoms with E-state index in [1.165, 1.54) is 17.1 Å². The van der Waals surface area contributed by atoms with Gasteiger partial charge in [0.1, 0.15) is 35.0 Å². The molecule has 2 aromatic heterocycles. The van der Waals surface area contributed by atoms with E-state index in [4.69, 9.17) is 10.6 Å². The van der Waals surface area contributed by atoms with Gasteiger partial charge in [0.25, 0.3) is 17.7 Å². The molecule has 3 aliphatic heterocycles. The van der Waals surface area contributed by atoms with Crippen LogP contribution in [0.3, 0.4) is 0 Å². The number of aromatic hydroxyl groups is 1. The Morgan fingerprint density at radius 3 is 2.59 bits per heavy atom. The molecular weight excluding hydrogens is 684 g/mol. The molecule has 0 spiro atoms. The number of oxime groups is 1. The quantitative estimate of drug-likeness (QED) is 0.0562. The lowest BCUT2D eigenvalue weighted by molar-refractivity contribution is -0.911. The number of hydrogen-bond donors (Lipinski definition) is 7. The number of nitrogen functional groups attached to an aromatic ring is 1. The number of hydrogen-bond acceptors (Lipinski definition) is 13. The first kappa shape index (κ1) is 35.4. The largest absolute Gasteiger partial charge is 0.503 e. The van der Waals surface area contributed by atoms with Crippen molar-refractivity contribution in [3.63, 3.8) is 0 Å². The van der Waals surface area contributed by atoms with Crippen LogP contribution in [-0.4, -0.2) is 126 Å². The number of nitrogens with two attached hydrogens (primary N) is 1. The van der Waals surface area contributed by atoms with Crippen LogP contribution in [0, 0.1) is 0 Å². The van der Waals surface area contributed by atoms with Crippen molar-refractivity contribution >= 4 is 63.6 Å². The maximum Gasteiger partial charge on any atom is 0.352 e. The van der Waals surface area contributed by atoms with Gasteiger partial charge in [-0.15, -0.1) is 23.1 Å². The first-order valence-electron chi connectivity index (χ1n) is 15.3. The number of fused-ring (bicyclic) bond motifs is 1. The number of carboxylic acid groups (broad SMARTS) is 2. The molecule has 18 nitrogen and oxygen atoms in total. The molecule has 262 valence electrons. The zero-order chi connectivity index (χ0) is 35.5. The molecule has 2 aromatic rings. The SMILES string of the molecule is CC[C@H](O/N=C(/C(=O)N[C@@H]1C(=O)N2C(C(=O)O)=C(C[N+]3(CCNC(=O)c4cc(=O)c(O)c[nH]4)CCCC3)CS[C@H]12)c1csc(N)n1)C(=O)O. The summed E-state index contributed by atoms with van der Waals surface area (Å²) in [4.78, 5) is 87.9. The molecule has 3 amide bonds. The summed E-state index contributed by atoms with van der Waals surface area (Å²) < 4.78 is 0.484. The molecule has 0 aromatic carbocycles. The van der Waals surface area contributed by atoms with Gasteiger partial charge in [0.15, 0.2) is 16.6 Å². The van der Waals surface area contributed by atoms with Gasteiger partial charge in [-0.3, -0.25) is 24.1 Å². The number of nitrogens with zero attached hydrogens (tertiary/aromatic N) is 4. The number of thiazole rings is 1. The highest BCUT2D eigenvalue weighted by molar-refractivity contribution is 8.00. The second-order valence-corrected chi connectivity index (χ2v) is 13.7. The van der Waals surface area contributed by atoms with Crippen molar-refractivity contribution < 1.29 is 48.6 Å². The summed E-state index contributed by atoms with van der Waals surface area (Å²) in [5.74, 6) is -4.85. The third kappa shape index (κ3) is 7.55. The van der Waals surface area contributed by atoms with Crippen LogP contribution in [-0.2, 0) is 24.0 Å². The molecule has 0 unspecified atom stereocenters. The number of anilines is 1. The van der Waals surface area contributed by atoms with Gasteiger partial charge in [-0.05, 0) is 6.42 Å². The first-order valence-corrected chi connectivity index (χ1v) is 17.2. The molecule has 2 fully saturated rings. The number of carboxylic acids is 2. The number of carbonyl (C=O) groups is 5. The number of nitrogens with one attached hydrogen (secondary N) is 3. The van der Waals surface area contributed by atoms with E-state index in [1.807, 2.05) is 0 Å². The number of thioether (sulfide) groups is 1. The fourth-order valence-corrected chi connectivity index (χ4v) is 7.88. The number of aromatic nitrogens is 2. The van der Waals surface area contributed by atoms with E-state index in [0.29, 0.717) is 23.1 Å². The maximum atomic E-state index is 13.4. The molecule has 5 rings (SSSR count). The predicted octanol–water partition coefficient (Wildman–Crippen LogP) is -0.518. The van der Waals surface area contributed by atoms with Gasteiger partial charge >= 0.3 is 11.9 Å². The van der Waals surface area contributed by atoms with E-state index >= 15 is 0 Å². The highest BCUT2D eigenvalue weighted by atomic mass is 32.2. The van der Waals surface area contributed by atoms with Crippen molar-refractivity contribution in [2.45, 2.75) is 43.7 Å². The molecule has 0 radical (unpaired) electrons. The summed E-state index contributed by atoms with van der Waals surface area (Å²) in [7, 11) is 0. The van der Waals surface area contributed by atoms with Crippen LogP contribution in [0.15, 0.2) is 38.9 Å². The van der Waals surface area contributed by atoms with Crippen molar-refractivity contribution in [3.8, 4) is 5.75 Å². The van der Waals surface area contributed by atoms with Crippen LogP contribution in [0.1, 0.15) is 42.4 Å². The highest BCUT2D eigenvalue weighted by Gasteiger charge is 2.55. The first-order chi connectivity index (χ1) is 23.3. The number of β-lactam (4-membered cyclic amide) rings is 1. The summed E-state index contributed by atoms with van der Waals surface area (Å²) in [6.45, 7) is 4.05. The van der Waals surface area contributed by atoms with Crippen molar-refractivity contribution in [3.05, 3.63) is 50.5 Å². The number of pyridine rings is 1. The maximum absolute atomic E-state index is 13.4. The van der Waals surface area contributed by atoms with Crippen LogP contribution in [0.25, 0.3) is 0 Å². The van der Waals surface area contributed by atoms with Gasteiger partial charge < -0.3 is 46.0 Å². The molecule has 5 heterocycles. The number of rotatable bonds is 14. The molecule has 0 aliphatic carbocycles. The van der Waals surface area contributed by atoms with E-state index in [-0.39, 0.29) is 40.9 Å². The Morgan fingerprint density at radius 1 is 1.24 bits per heavy atom. The molecule has 49 heavy (non-hydrogen) atoms. The second kappa shape index (κ2) is 14.7. The second-order valence-electron chi connectivity index (χ2n) is 11.7. The van der Waals surface area contributed by atoms with Gasteiger partial charge in [0, 0.05) is 41.8 Å². The number of likely N-dealkylation sites (tertiary alicyclic amines) is 1. The standard InChI is InChI=1S/C29H34N8O10S2/c1-2-19(27(43)44)47-35-20(16-13-49-29(30)33-16)24(41)34-21-25(42)36-22(28(45)46)14(12-48-26(21)36)11-37(6-3-4-7-37)8-5-31-23(40)15-9-17(38)18(39)10-32-15/h9-10,13,19,21,26H,2-8,11-12H2,1H3,(H7-,30,31,32,33,34,35,38,39,40,41,43,44,45,46)/p+1/t19-,21+,26+/m0/s1. The van der Waals surface area contributed by atoms with Crippen LogP contribution in [0.4, 0.5) is 5.13 Å². The van der Waals surface area contributed by atoms with E-state index in [0.717, 1.165) is 54.4 Å². The van der Waals surface area contributed by atoms with Gasteiger partial charge in [-0.1, -0.05) is 12.1 Å². The summed E-state index contributed by atoms with van der Waals surface area (Å²) in [5, 5.41) is 38.9. The minimum absolute atomic E-state index is 0.00800. The van der Waals surface area contributed by atoms with Crippen LogP contribution in [0.5, 0.6) is 5.75 Å². The predicted molar refractivity (Wildman–Crippen MR) is 176 cm³/mol. The van der Waals surface area contributed by atoms with E-state index in [2.05, 4.69) is 25.8 Å². The topological polar surface area (TPSA) is 267 Å². The number of aromatic amines is 1. The number of carbonyl (C=O) groups excluding carboxylic acids is 3. The number of H-pyrrole nitrogens is 1. The van der Waals surface area contributed by atoms with E-state index in [1.54, 1.807) is 6.92 Å². The lowest BCUT2D eigenvalue weighted by Gasteiger charge is -2.50. The Labute approximate surface area is 286 Å². The summed E-state index contributed by atoms with van der Waals surface area (Å²) in [6.07, 6.45) is 1.55. The molecule has 3 atom stereocenters. The molecule has 8 N–H and O–H groups in total. The molecule has 2 saturated heterocycles. The van der Waals surface area contributed by atoms with Crippen molar-refractivity contribution in [2.75, 3.05) is 44.2 Å². The average molecular weight is 720 g/mol. The summed E-state index contributed by atoms with van der Waals surface area (Å²) >= 11 is 2.31. The summed E-state index contributed by atoms with van der Waals surface area (Å²) in [5.41, 5.74) is 5.04. The normalized spacial score (nSPS) is 20.6. The molecule has 0 bridgehead atoms. The fourth-order valence-electron chi connectivity index (χ4n) is 5.99. The number of quaternary nitrogens is 1. The van der Waals surface area contributed by atoms with Crippen molar-refractivity contribution in [1.29, 1.82) is 0 Å². The monoisotopic (exact) mass is 719 g/mol. The molecule has 0 saturated carbocycles. The Bertz CT molecular complexity index is 1780. The van der Waals surface area contributed by atoms with Gasteiger partial charge in [0.2, 0.25) is 11.5 Å². The van der Waals surface area contributed by atoms with Crippen LogP contribution >= 0.6 is 23.1 Å². The van der Waals surface area contributed by atoms with E-state index in [9.17, 15) is 44.1 Å². The summed E-state index contributed by atoms with van der Waals surface area (Å²) in [6, 6.07) is -0.102. The third-order valence-corrected chi connectivity index (χ3v) is 10.5. The lowest BCUT2D eigenvalue weighted by Crippen LogP contribution is -2.71. The third-order valence-electron chi connectivity index (χ3n) is 8.48.